The minimum atomic E-state index is -1.57. The molecule has 0 aliphatic rings. The van der Waals surface area contributed by atoms with Crippen molar-refractivity contribution in [2.45, 2.75) is 84.9 Å². The predicted octanol–water partition coefficient (Wildman–Crippen LogP) is 5.33. The third-order valence-electron chi connectivity index (χ3n) is 4.69. The molecule has 0 aliphatic heterocycles. The minimum absolute atomic E-state index is 0.310. The Labute approximate surface area is 140 Å². The van der Waals surface area contributed by atoms with Gasteiger partial charge in [-0.2, -0.15) is 0 Å². The molecule has 0 radical (unpaired) electrons. The third-order valence-corrected chi connectivity index (χ3v) is 9.23. The minimum Gasteiger partial charge on any atom is -0.417 e. The Morgan fingerprint density at radius 3 is 2.23 bits per heavy atom. The van der Waals surface area contributed by atoms with E-state index in [4.69, 9.17) is 4.43 Å². The molecule has 0 bridgehead atoms. The maximum Gasteiger partial charge on any atom is 0.191 e. The van der Waals surface area contributed by atoms with Gasteiger partial charge in [-0.1, -0.05) is 34.1 Å². The van der Waals surface area contributed by atoms with Crippen molar-refractivity contribution in [3.8, 4) is 0 Å². The number of aliphatic imine (C=N–C) groups is 1. The van der Waals surface area contributed by atoms with E-state index < -0.39 is 8.32 Å². The molecule has 0 fully saturated rings. The molecule has 0 spiro atoms. The van der Waals surface area contributed by atoms with Crippen molar-refractivity contribution in [1.82, 2.24) is 4.90 Å². The lowest BCUT2D eigenvalue weighted by atomic mass is 10.2. The topological polar surface area (TPSA) is 24.8 Å². The van der Waals surface area contributed by atoms with Crippen molar-refractivity contribution in [1.29, 1.82) is 0 Å². The van der Waals surface area contributed by atoms with Crippen molar-refractivity contribution in [3.05, 3.63) is 0 Å². The van der Waals surface area contributed by atoms with Crippen molar-refractivity contribution < 1.29 is 4.43 Å². The molecule has 0 saturated heterocycles. The van der Waals surface area contributed by atoms with E-state index in [-0.39, 0.29) is 0 Å². The molecule has 0 N–H and O–H groups in total. The van der Waals surface area contributed by atoms with Crippen LogP contribution < -0.4 is 0 Å². The Morgan fingerprint density at radius 2 is 1.73 bits per heavy atom. The normalized spacial score (nSPS) is 13.5. The van der Waals surface area contributed by atoms with Crippen molar-refractivity contribution in [3.63, 3.8) is 0 Å². The van der Waals surface area contributed by atoms with Gasteiger partial charge in [0, 0.05) is 33.2 Å². The molecule has 0 aromatic carbocycles. The largest absolute Gasteiger partial charge is 0.417 e. The van der Waals surface area contributed by atoms with Crippen LogP contribution in [0.2, 0.25) is 18.1 Å². The van der Waals surface area contributed by atoms with Gasteiger partial charge in [0.25, 0.3) is 0 Å². The zero-order valence-corrected chi connectivity index (χ0v) is 17.5. The van der Waals surface area contributed by atoms with E-state index >= 15 is 0 Å². The van der Waals surface area contributed by atoms with Gasteiger partial charge < -0.3 is 9.33 Å². The predicted molar refractivity (Wildman–Crippen MR) is 103 cm³/mol. The van der Waals surface area contributed by atoms with E-state index in [2.05, 4.69) is 64.7 Å². The Bertz CT molecular complexity index is 322. The SMILES string of the molecule is CCCC/C(=N/CC)N(C)CCCCO[Si](C)(C)C(C)(C)C. The zero-order valence-electron chi connectivity index (χ0n) is 16.5. The van der Waals surface area contributed by atoms with Crippen LogP contribution in [0, 0.1) is 0 Å². The summed E-state index contributed by atoms with van der Waals surface area (Å²) in [5, 5.41) is 0.310. The van der Waals surface area contributed by atoms with Crippen LogP contribution in [0.1, 0.15) is 66.7 Å². The van der Waals surface area contributed by atoms with E-state index in [9.17, 15) is 0 Å². The summed E-state index contributed by atoms with van der Waals surface area (Å²) < 4.78 is 6.24. The second-order valence-electron chi connectivity index (χ2n) is 7.73. The van der Waals surface area contributed by atoms with Crippen LogP contribution in [-0.2, 0) is 4.43 Å². The van der Waals surface area contributed by atoms with Gasteiger partial charge in [0.1, 0.15) is 0 Å². The molecule has 0 aliphatic carbocycles. The van der Waals surface area contributed by atoms with Gasteiger partial charge >= 0.3 is 0 Å². The van der Waals surface area contributed by atoms with E-state index in [0.29, 0.717) is 5.04 Å². The molecule has 0 amide bonds. The monoisotopic (exact) mass is 328 g/mol. The van der Waals surface area contributed by atoms with Gasteiger partial charge in [0.05, 0.1) is 5.84 Å². The molecule has 22 heavy (non-hydrogen) atoms. The zero-order chi connectivity index (χ0) is 17.2. The Balaban J connectivity index is 4.06. The molecule has 0 saturated carbocycles. The fourth-order valence-electron chi connectivity index (χ4n) is 2.03. The number of rotatable bonds is 10. The standard InChI is InChI=1S/C18H40N2OSi/c1-9-11-14-17(19-10-2)20(6)15-12-13-16-21-22(7,8)18(3,4)5/h9-16H2,1-8H3/b19-17-. The summed E-state index contributed by atoms with van der Waals surface area (Å²) in [7, 11) is 0.608. The number of amidine groups is 1. The Hall–Kier alpha value is -0.353. The summed E-state index contributed by atoms with van der Waals surface area (Å²) in [4.78, 5) is 6.99. The van der Waals surface area contributed by atoms with Crippen LogP contribution in [0.4, 0.5) is 0 Å². The van der Waals surface area contributed by atoms with Crippen LogP contribution in [0.15, 0.2) is 4.99 Å². The average Bonchev–Trinajstić information content (AvgIpc) is 2.41. The van der Waals surface area contributed by atoms with Gasteiger partial charge in [0.2, 0.25) is 0 Å². The summed E-state index contributed by atoms with van der Waals surface area (Å²) in [6.45, 7) is 18.8. The molecule has 3 nitrogen and oxygen atoms in total. The molecule has 4 heteroatoms. The first-order chi connectivity index (χ1) is 10.2. The average molecular weight is 329 g/mol. The number of hydrogen-bond donors (Lipinski definition) is 0. The molecule has 0 aromatic heterocycles. The first-order valence-electron chi connectivity index (χ1n) is 9.04. The van der Waals surface area contributed by atoms with Gasteiger partial charge in [-0.25, -0.2) is 0 Å². The quantitative estimate of drug-likeness (QED) is 0.234. The first kappa shape index (κ1) is 21.6. The van der Waals surface area contributed by atoms with Crippen LogP contribution in [0.3, 0.4) is 0 Å². The summed E-state index contributed by atoms with van der Waals surface area (Å²) in [6.07, 6.45) is 5.90. The van der Waals surface area contributed by atoms with Gasteiger partial charge in [-0.3, -0.25) is 4.99 Å². The number of hydrogen-bond acceptors (Lipinski definition) is 2. The third kappa shape index (κ3) is 8.32. The Kier molecular flexibility index (Phi) is 10.3. The second-order valence-corrected chi connectivity index (χ2v) is 12.5. The van der Waals surface area contributed by atoms with Crippen LogP contribution in [0.5, 0.6) is 0 Å². The highest BCUT2D eigenvalue weighted by Crippen LogP contribution is 2.36. The van der Waals surface area contributed by atoms with Crippen LogP contribution in [0.25, 0.3) is 0 Å². The number of nitrogens with zero attached hydrogens (tertiary/aromatic N) is 2. The van der Waals surface area contributed by atoms with E-state index in [1.807, 2.05) is 0 Å². The van der Waals surface area contributed by atoms with Crippen LogP contribution >= 0.6 is 0 Å². The highest BCUT2D eigenvalue weighted by Gasteiger charge is 2.36. The first-order valence-corrected chi connectivity index (χ1v) is 11.9. The highest BCUT2D eigenvalue weighted by molar-refractivity contribution is 6.74. The summed E-state index contributed by atoms with van der Waals surface area (Å²) >= 11 is 0. The van der Waals surface area contributed by atoms with Gasteiger partial charge in [-0.15, -0.1) is 0 Å². The summed E-state index contributed by atoms with van der Waals surface area (Å²) in [5.41, 5.74) is 0. The van der Waals surface area contributed by atoms with Gasteiger partial charge in [-0.05, 0) is 44.3 Å². The molecule has 0 unspecified atom stereocenters. The molecular formula is C18H40N2OSi. The molecular weight excluding hydrogens is 288 g/mol. The lowest BCUT2D eigenvalue weighted by Crippen LogP contribution is -2.41. The maximum absolute atomic E-state index is 6.24. The van der Waals surface area contributed by atoms with E-state index in [1.165, 1.54) is 25.1 Å². The highest BCUT2D eigenvalue weighted by atomic mass is 28.4. The maximum atomic E-state index is 6.24. The lowest BCUT2D eigenvalue weighted by molar-refractivity contribution is 0.274. The van der Waals surface area contributed by atoms with Gasteiger partial charge in [0.15, 0.2) is 8.32 Å². The summed E-state index contributed by atoms with van der Waals surface area (Å²) in [5.74, 6) is 1.27. The molecule has 0 rings (SSSR count). The molecule has 132 valence electrons. The summed E-state index contributed by atoms with van der Waals surface area (Å²) in [6, 6.07) is 0. The molecule has 0 atom stereocenters. The van der Waals surface area contributed by atoms with Crippen molar-refractivity contribution >= 4 is 14.2 Å². The fourth-order valence-corrected chi connectivity index (χ4v) is 3.12. The smallest absolute Gasteiger partial charge is 0.191 e. The lowest BCUT2D eigenvalue weighted by Gasteiger charge is -2.36. The second kappa shape index (κ2) is 10.4. The number of unbranched alkanes of at least 4 members (excludes halogenated alkanes) is 2. The fraction of sp³-hybridized carbons (Fsp3) is 0.944. The molecule has 0 aromatic rings. The van der Waals surface area contributed by atoms with Crippen LogP contribution in [-0.4, -0.2) is 45.8 Å². The van der Waals surface area contributed by atoms with Crippen molar-refractivity contribution in [2.24, 2.45) is 4.99 Å². The molecule has 0 heterocycles. The Morgan fingerprint density at radius 1 is 1.09 bits per heavy atom. The van der Waals surface area contributed by atoms with E-state index in [0.717, 1.165) is 32.5 Å². The van der Waals surface area contributed by atoms with E-state index in [1.54, 1.807) is 0 Å². The van der Waals surface area contributed by atoms with Crippen molar-refractivity contribution in [2.75, 3.05) is 26.7 Å².